The summed E-state index contributed by atoms with van der Waals surface area (Å²) in [5.74, 6) is -8.25. The van der Waals surface area contributed by atoms with Crippen LogP contribution in [0.5, 0.6) is 0 Å². The molecule has 1 fully saturated rings. The highest BCUT2D eigenvalue weighted by Gasteiger charge is 2.53. The van der Waals surface area contributed by atoms with E-state index < -0.39 is 129 Å². The summed E-state index contributed by atoms with van der Waals surface area (Å²) >= 11 is 0. The predicted octanol–water partition coefficient (Wildman–Crippen LogP) is -0.624. The molecule has 0 radical (unpaired) electrons. The normalized spacial score (nSPS) is 22.1. The monoisotopic (exact) mass is 722 g/mol. The van der Waals surface area contributed by atoms with Gasteiger partial charge in [0.25, 0.3) is 0 Å². The second-order valence-electron chi connectivity index (χ2n) is 10.6. The fraction of sp³-hybridized carbons (Fsp3) is 0.700. The molecule has 50 heavy (non-hydrogen) atoms. The quantitative estimate of drug-likeness (QED) is 0.134. The maximum Gasteiger partial charge on any atom is 0.303 e. The second-order valence-corrected chi connectivity index (χ2v) is 10.6. The molecule has 1 saturated heterocycles. The van der Waals surface area contributed by atoms with E-state index in [4.69, 9.17) is 52.1 Å². The van der Waals surface area contributed by atoms with Crippen LogP contribution in [0.15, 0.2) is 0 Å². The number of carbonyl (C=O) groups excluding carboxylic acids is 9. The molecule has 20 nitrogen and oxygen atoms in total. The van der Waals surface area contributed by atoms with Gasteiger partial charge in [-0.3, -0.25) is 43.2 Å². The Bertz CT molecular complexity index is 1260. The third kappa shape index (κ3) is 15.6. The van der Waals surface area contributed by atoms with Crippen LogP contribution in [0.25, 0.3) is 0 Å². The highest BCUT2D eigenvalue weighted by atomic mass is 16.7. The molecule has 0 aromatic heterocycles. The standard InChI is InChI=1S/C30H42O20/c1-13(31)40-10-22(43-15(3)33)25(45-17(5)35)26(46-18(6)36)23(44-16(4)34)12-42-30-29(49-21(9)39)28(48-20(8)38)27(47-19(7)37)24(50-30)11-41-14(2)32/h22-30H,10-12H2,1-9H3/t22-,23+,24+,25+,26+,27-,28-,29+,30-/m0/s1. The van der Waals surface area contributed by atoms with Crippen LogP contribution in [0, 0.1) is 0 Å². The molecule has 1 rings (SSSR count). The number of rotatable bonds is 17. The Morgan fingerprint density at radius 3 is 1.26 bits per heavy atom. The lowest BCUT2D eigenvalue weighted by Crippen LogP contribution is -2.63. The van der Waals surface area contributed by atoms with Crippen LogP contribution in [-0.4, -0.2) is 129 Å². The Morgan fingerprint density at radius 1 is 0.460 bits per heavy atom. The van der Waals surface area contributed by atoms with E-state index in [1.807, 2.05) is 0 Å². The number of hydrogen-bond donors (Lipinski definition) is 0. The molecule has 282 valence electrons. The van der Waals surface area contributed by atoms with Gasteiger partial charge in [-0.2, -0.15) is 0 Å². The lowest BCUT2D eigenvalue weighted by molar-refractivity contribution is -0.313. The molecule has 1 aliphatic heterocycles. The summed E-state index contributed by atoms with van der Waals surface area (Å²) in [5.41, 5.74) is 0. The van der Waals surface area contributed by atoms with Gasteiger partial charge in [0.05, 0.1) is 6.61 Å². The van der Waals surface area contributed by atoms with Gasteiger partial charge >= 0.3 is 53.7 Å². The molecule has 0 unspecified atom stereocenters. The summed E-state index contributed by atoms with van der Waals surface area (Å²) in [6.07, 6.45) is -15.0. The third-order valence-electron chi connectivity index (χ3n) is 6.12. The molecule has 1 heterocycles. The van der Waals surface area contributed by atoms with Gasteiger partial charge in [0.2, 0.25) is 0 Å². The van der Waals surface area contributed by atoms with Gasteiger partial charge in [-0.05, 0) is 0 Å². The van der Waals surface area contributed by atoms with Crippen LogP contribution in [0.2, 0.25) is 0 Å². The fourth-order valence-corrected chi connectivity index (χ4v) is 4.62. The van der Waals surface area contributed by atoms with Crippen molar-refractivity contribution in [1.29, 1.82) is 0 Å². The largest absolute Gasteiger partial charge is 0.463 e. The van der Waals surface area contributed by atoms with E-state index in [2.05, 4.69) is 0 Å². The predicted molar refractivity (Wildman–Crippen MR) is 157 cm³/mol. The number of esters is 9. The molecule has 0 aromatic carbocycles. The summed E-state index contributed by atoms with van der Waals surface area (Å²) in [4.78, 5) is 108. The molecule has 1 aliphatic rings. The van der Waals surface area contributed by atoms with Gasteiger partial charge in [-0.25, -0.2) is 0 Å². The maximum absolute atomic E-state index is 12.3. The van der Waals surface area contributed by atoms with Gasteiger partial charge in [-0.1, -0.05) is 0 Å². The first-order valence-corrected chi connectivity index (χ1v) is 15.0. The van der Waals surface area contributed by atoms with Crippen LogP contribution < -0.4 is 0 Å². The minimum absolute atomic E-state index is 0.587. The van der Waals surface area contributed by atoms with Crippen molar-refractivity contribution in [2.24, 2.45) is 0 Å². The van der Waals surface area contributed by atoms with Crippen LogP contribution in [0.4, 0.5) is 0 Å². The zero-order chi connectivity index (χ0) is 38.3. The van der Waals surface area contributed by atoms with Crippen molar-refractivity contribution in [3.8, 4) is 0 Å². The van der Waals surface area contributed by atoms with Crippen molar-refractivity contribution in [2.45, 2.75) is 117 Å². The third-order valence-corrected chi connectivity index (χ3v) is 6.12. The minimum atomic E-state index is -1.84. The molecule has 0 N–H and O–H groups in total. The first kappa shape index (κ1) is 43.2. The Labute approximate surface area is 286 Å². The van der Waals surface area contributed by atoms with Gasteiger partial charge in [-0.15, -0.1) is 0 Å². The summed E-state index contributed by atoms with van der Waals surface area (Å²) in [6, 6.07) is 0. The molecule has 9 atom stereocenters. The van der Waals surface area contributed by atoms with E-state index in [9.17, 15) is 43.2 Å². The summed E-state index contributed by atoms with van der Waals surface area (Å²) in [5, 5.41) is 0. The van der Waals surface area contributed by atoms with Crippen LogP contribution >= 0.6 is 0 Å². The first-order chi connectivity index (χ1) is 23.2. The highest BCUT2D eigenvalue weighted by Crippen LogP contribution is 2.31. The van der Waals surface area contributed by atoms with E-state index in [0.717, 1.165) is 62.3 Å². The smallest absolute Gasteiger partial charge is 0.303 e. The molecule has 0 amide bonds. The van der Waals surface area contributed by atoms with Crippen LogP contribution in [0.1, 0.15) is 62.3 Å². The van der Waals surface area contributed by atoms with Gasteiger partial charge < -0.3 is 52.1 Å². The molecule has 0 spiro atoms. The number of hydrogen-bond acceptors (Lipinski definition) is 20. The van der Waals surface area contributed by atoms with Crippen molar-refractivity contribution in [3.05, 3.63) is 0 Å². The Kier molecular flexibility index (Phi) is 17.8. The van der Waals surface area contributed by atoms with Gasteiger partial charge in [0.1, 0.15) is 19.3 Å². The Hall–Kier alpha value is -4.85. The summed E-state index contributed by atoms with van der Waals surface area (Å²) in [7, 11) is 0. The summed E-state index contributed by atoms with van der Waals surface area (Å²) < 4.78 is 59.0. The topological polar surface area (TPSA) is 255 Å². The fourth-order valence-electron chi connectivity index (χ4n) is 4.62. The lowest BCUT2D eigenvalue weighted by Gasteiger charge is -2.44. The van der Waals surface area contributed by atoms with E-state index in [0.29, 0.717) is 0 Å². The van der Waals surface area contributed by atoms with Crippen LogP contribution in [-0.2, 0) is 95.3 Å². The number of carbonyl (C=O) groups is 9. The van der Waals surface area contributed by atoms with E-state index in [-0.39, 0.29) is 0 Å². The van der Waals surface area contributed by atoms with Gasteiger partial charge in [0.15, 0.2) is 49.0 Å². The van der Waals surface area contributed by atoms with E-state index >= 15 is 0 Å². The Morgan fingerprint density at radius 2 is 0.860 bits per heavy atom. The Balaban J connectivity index is 3.76. The van der Waals surface area contributed by atoms with Crippen molar-refractivity contribution in [1.82, 2.24) is 0 Å². The molecule has 0 aromatic rings. The van der Waals surface area contributed by atoms with Crippen molar-refractivity contribution < 1.29 is 95.3 Å². The van der Waals surface area contributed by atoms with Crippen LogP contribution in [0.3, 0.4) is 0 Å². The second kappa shape index (κ2) is 20.6. The van der Waals surface area contributed by atoms with Crippen molar-refractivity contribution >= 4 is 53.7 Å². The lowest BCUT2D eigenvalue weighted by atomic mass is 9.98. The molecule has 0 aliphatic carbocycles. The molecule has 0 bridgehead atoms. The molecular weight excluding hydrogens is 680 g/mol. The number of ether oxygens (including phenoxy) is 11. The molecular formula is C30H42O20. The summed E-state index contributed by atoms with van der Waals surface area (Å²) in [6.45, 7) is 6.88. The maximum atomic E-state index is 12.3. The average Bonchev–Trinajstić information content (AvgIpc) is 2.95. The minimum Gasteiger partial charge on any atom is -0.463 e. The highest BCUT2D eigenvalue weighted by molar-refractivity contribution is 5.70. The first-order valence-electron chi connectivity index (χ1n) is 15.0. The van der Waals surface area contributed by atoms with Crippen molar-refractivity contribution in [2.75, 3.05) is 19.8 Å². The molecule has 0 saturated carbocycles. The zero-order valence-electron chi connectivity index (χ0n) is 29.0. The van der Waals surface area contributed by atoms with E-state index in [1.165, 1.54) is 0 Å². The van der Waals surface area contributed by atoms with Crippen molar-refractivity contribution in [3.63, 3.8) is 0 Å². The SMILES string of the molecule is CC(=O)OC[C@H](OC(C)=O)[C@@H](OC(C)=O)[C@H](OC(C)=O)[C@@H](CO[C@H]1O[C@H](COC(C)=O)[C@H](OC(C)=O)[C@H](OC(C)=O)[C@H]1OC(C)=O)OC(C)=O. The molecule has 20 heteroatoms. The van der Waals surface area contributed by atoms with Gasteiger partial charge in [0, 0.05) is 62.3 Å². The average molecular weight is 723 g/mol. The van der Waals surface area contributed by atoms with E-state index in [1.54, 1.807) is 0 Å². The zero-order valence-corrected chi connectivity index (χ0v) is 29.0.